The summed E-state index contributed by atoms with van der Waals surface area (Å²) in [5, 5.41) is 8.29. The predicted octanol–water partition coefficient (Wildman–Crippen LogP) is 5.63. The molecule has 1 heterocycles. The van der Waals surface area contributed by atoms with Gasteiger partial charge >= 0.3 is 0 Å². The highest BCUT2D eigenvalue weighted by Crippen LogP contribution is 2.33. The van der Waals surface area contributed by atoms with Gasteiger partial charge in [-0.3, -0.25) is 0 Å². The fraction of sp³-hybridized carbons (Fsp3) is 0.481. The van der Waals surface area contributed by atoms with Crippen LogP contribution >= 0.6 is 15.9 Å². The molecule has 1 saturated carbocycles. The molecule has 0 aliphatic heterocycles. The lowest BCUT2D eigenvalue weighted by Crippen LogP contribution is -2.28. The Bertz CT molecular complexity index is 1130. The number of ether oxygens (including phenoxy) is 2. The van der Waals surface area contributed by atoms with Crippen molar-refractivity contribution in [2.75, 3.05) is 45.1 Å². The minimum Gasteiger partial charge on any atom is -0.496 e. The average molecular weight is 543 g/mol. The Morgan fingerprint density at radius 3 is 2.46 bits per heavy atom. The largest absolute Gasteiger partial charge is 0.496 e. The molecule has 1 aliphatic rings. The Hall–Kier alpha value is -2.58. The van der Waals surface area contributed by atoms with Crippen molar-refractivity contribution in [2.24, 2.45) is 5.92 Å². The predicted molar refractivity (Wildman–Crippen MR) is 147 cm³/mol. The SMILES string of the molecule is COc1cc(OC)c(CNCCC2CCC(Nc3nc(N(C)C)c4ccccc4n3)CC2)cc1Br. The summed E-state index contributed by atoms with van der Waals surface area (Å²) < 4.78 is 11.8. The van der Waals surface area contributed by atoms with E-state index >= 15 is 0 Å². The highest BCUT2D eigenvalue weighted by molar-refractivity contribution is 9.10. The minimum atomic E-state index is 0.427. The Morgan fingerprint density at radius 2 is 1.74 bits per heavy atom. The van der Waals surface area contributed by atoms with E-state index in [1.54, 1.807) is 14.2 Å². The second kappa shape index (κ2) is 11.9. The van der Waals surface area contributed by atoms with Gasteiger partial charge in [-0.25, -0.2) is 4.98 Å². The van der Waals surface area contributed by atoms with Crippen LogP contribution in [0.3, 0.4) is 0 Å². The molecule has 3 aromatic rings. The maximum atomic E-state index is 5.53. The summed E-state index contributed by atoms with van der Waals surface area (Å²) in [6, 6.07) is 12.6. The summed E-state index contributed by atoms with van der Waals surface area (Å²) in [5.74, 6) is 4.07. The Kier molecular flexibility index (Phi) is 8.68. The van der Waals surface area contributed by atoms with Crippen molar-refractivity contribution in [1.29, 1.82) is 0 Å². The Balaban J connectivity index is 1.25. The van der Waals surface area contributed by atoms with Crippen LogP contribution in [0.1, 0.15) is 37.7 Å². The fourth-order valence-electron chi connectivity index (χ4n) is 4.83. The van der Waals surface area contributed by atoms with Crippen LogP contribution in [0.2, 0.25) is 0 Å². The van der Waals surface area contributed by atoms with E-state index in [2.05, 4.69) is 49.7 Å². The van der Waals surface area contributed by atoms with Crippen molar-refractivity contribution in [2.45, 2.75) is 44.7 Å². The summed E-state index contributed by atoms with van der Waals surface area (Å²) in [6.45, 7) is 1.77. The highest BCUT2D eigenvalue weighted by atomic mass is 79.9. The smallest absolute Gasteiger partial charge is 0.225 e. The van der Waals surface area contributed by atoms with Crippen LogP contribution in [0.25, 0.3) is 10.9 Å². The van der Waals surface area contributed by atoms with Crippen molar-refractivity contribution in [3.05, 3.63) is 46.4 Å². The minimum absolute atomic E-state index is 0.427. The van der Waals surface area contributed by atoms with Gasteiger partial charge in [0.1, 0.15) is 17.3 Å². The number of halogens is 1. The number of nitrogens with zero attached hydrogens (tertiary/aromatic N) is 3. The van der Waals surface area contributed by atoms with Crippen LogP contribution in [0, 0.1) is 5.92 Å². The molecule has 8 heteroatoms. The number of fused-ring (bicyclic) bond motifs is 1. The van der Waals surface area contributed by atoms with E-state index in [-0.39, 0.29) is 0 Å². The van der Waals surface area contributed by atoms with Crippen LogP contribution in [-0.4, -0.2) is 50.9 Å². The number of benzene rings is 2. The third-order valence-electron chi connectivity index (χ3n) is 6.79. The molecule has 1 aromatic heterocycles. The molecule has 0 radical (unpaired) electrons. The van der Waals surface area contributed by atoms with Gasteiger partial charge in [0.2, 0.25) is 5.95 Å². The molecule has 0 amide bonds. The molecule has 0 saturated heterocycles. The first kappa shape index (κ1) is 25.5. The zero-order valence-electron chi connectivity index (χ0n) is 21.1. The summed E-state index contributed by atoms with van der Waals surface area (Å²) in [6.07, 6.45) is 5.94. The van der Waals surface area contributed by atoms with Crippen molar-refractivity contribution < 1.29 is 9.47 Å². The lowest BCUT2D eigenvalue weighted by atomic mass is 9.84. The normalized spacial score (nSPS) is 17.9. The van der Waals surface area contributed by atoms with Gasteiger partial charge in [0, 0.05) is 43.7 Å². The molecule has 0 unspecified atom stereocenters. The summed E-state index contributed by atoms with van der Waals surface area (Å²) in [4.78, 5) is 11.6. The van der Waals surface area contributed by atoms with Crippen LogP contribution < -0.4 is 25.0 Å². The maximum Gasteiger partial charge on any atom is 0.225 e. The van der Waals surface area contributed by atoms with E-state index in [1.807, 2.05) is 32.3 Å². The second-order valence-electron chi connectivity index (χ2n) is 9.41. The summed E-state index contributed by atoms with van der Waals surface area (Å²) in [5.41, 5.74) is 2.11. The Labute approximate surface area is 216 Å². The number of para-hydroxylation sites is 1. The lowest BCUT2D eigenvalue weighted by Gasteiger charge is -2.29. The first-order valence-electron chi connectivity index (χ1n) is 12.3. The molecule has 2 N–H and O–H groups in total. The molecule has 2 aromatic carbocycles. The number of anilines is 2. The van der Waals surface area contributed by atoms with E-state index in [0.29, 0.717) is 6.04 Å². The van der Waals surface area contributed by atoms with Crippen LogP contribution in [-0.2, 0) is 6.54 Å². The van der Waals surface area contributed by atoms with Gasteiger partial charge in [-0.1, -0.05) is 12.1 Å². The van der Waals surface area contributed by atoms with Crippen molar-refractivity contribution in [3.63, 3.8) is 0 Å². The molecule has 1 fully saturated rings. The lowest BCUT2D eigenvalue weighted by molar-refractivity contribution is 0.316. The number of rotatable bonds is 10. The van der Waals surface area contributed by atoms with Crippen LogP contribution in [0.4, 0.5) is 11.8 Å². The van der Waals surface area contributed by atoms with Gasteiger partial charge in [-0.05, 0) is 78.7 Å². The van der Waals surface area contributed by atoms with E-state index < -0.39 is 0 Å². The molecule has 0 bridgehead atoms. The fourth-order valence-corrected chi connectivity index (χ4v) is 5.39. The number of nitrogens with one attached hydrogen (secondary N) is 2. The highest BCUT2D eigenvalue weighted by Gasteiger charge is 2.22. The Morgan fingerprint density at radius 1 is 1.00 bits per heavy atom. The van der Waals surface area contributed by atoms with Crippen molar-refractivity contribution in [1.82, 2.24) is 15.3 Å². The average Bonchev–Trinajstić information content (AvgIpc) is 2.87. The third kappa shape index (κ3) is 6.35. The summed E-state index contributed by atoms with van der Waals surface area (Å²) in [7, 11) is 7.42. The summed E-state index contributed by atoms with van der Waals surface area (Å²) >= 11 is 3.57. The van der Waals surface area contributed by atoms with Gasteiger partial charge in [-0.15, -0.1) is 0 Å². The van der Waals surface area contributed by atoms with E-state index in [9.17, 15) is 0 Å². The van der Waals surface area contributed by atoms with Gasteiger partial charge in [0.25, 0.3) is 0 Å². The van der Waals surface area contributed by atoms with Gasteiger partial charge in [0.15, 0.2) is 0 Å². The van der Waals surface area contributed by atoms with Gasteiger partial charge < -0.3 is 25.0 Å². The zero-order valence-corrected chi connectivity index (χ0v) is 22.7. The zero-order chi connectivity index (χ0) is 24.8. The topological polar surface area (TPSA) is 71.5 Å². The molecule has 7 nitrogen and oxygen atoms in total. The quantitative estimate of drug-likeness (QED) is 0.322. The molecule has 35 heavy (non-hydrogen) atoms. The first-order chi connectivity index (χ1) is 17.0. The number of methoxy groups -OCH3 is 2. The molecule has 0 spiro atoms. The van der Waals surface area contributed by atoms with E-state index in [4.69, 9.17) is 19.4 Å². The third-order valence-corrected chi connectivity index (χ3v) is 7.41. The van der Waals surface area contributed by atoms with Crippen molar-refractivity contribution in [3.8, 4) is 11.5 Å². The molecule has 4 rings (SSSR count). The molecular weight excluding hydrogens is 506 g/mol. The van der Waals surface area contributed by atoms with Crippen LogP contribution in [0.5, 0.6) is 11.5 Å². The van der Waals surface area contributed by atoms with Gasteiger partial charge in [-0.2, -0.15) is 4.98 Å². The van der Waals surface area contributed by atoms with Crippen LogP contribution in [0.15, 0.2) is 40.9 Å². The second-order valence-corrected chi connectivity index (χ2v) is 10.3. The van der Waals surface area contributed by atoms with Crippen molar-refractivity contribution >= 4 is 38.6 Å². The maximum absolute atomic E-state index is 5.53. The number of aromatic nitrogens is 2. The van der Waals surface area contributed by atoms with E-state index in [1.165, 1.54) is 19.3 Å². The molecule has 188 valence electrons. The standard InChI is InChI=1S/C27H36BrN5O2/c1-33(2)26-21-7-5-6-8-23(21)31-27(32-26)30-20-11-9-18(10-12-20)13-14-29-17-19-15-22(28)25(35-4)16-24(19)34-3/h5-8,15-16,18,20,29H,9-14,17H2,1-4H3,(H,30,31,32). The number of hydrogen-bond acceptors (Lipinski definition) is 7. The van der Waals surface area contributed by atoms with E-state index in [0.717, 1.165) is 76.1 Å². The monoisotopic (exact) mass is 541 g/mol. The molecule has 1 aliphatic carbocycles. The molecule has 0 atom stereocenters. The molecular formula is C27H36BrN5O2. The first-order valence-corrected chi connectivity index (χ1v) is 13.1. The van der Waals surface area contributed by atoms with Gasteiger partial charge in [0.05, 0.1) is 24.2 Å². The number of hydrogen-bond donors (Lipinski definition) is 2.